The standard InChI is InChI=1S/C22H17N5O6/c1-14-3-4-15(2)25(14)24-22(28)17(13-23)11-16-5-8-19(9-6-16)33-21-10-7-18(26(29)30)12-20(21)27(31)32/h3-12H,1-2H3,(H,24,28)/b17-11-. The maximum atomic E-state index is 12.5. The molecule has 11 nitrogen and oxygen atoms in total. The number of aryl methyl sites for hydroxylation is 2. The van der Waals surface area contributed by atoms with E-state index in [1.165, 1.54) is 18.2 Å². The maximum Gasteiger partial charge on any atom is 0.318 e. The van der Waals surface area contributed by atoms with Crippen LogP contribution < -0.4 is 10.2 Å². The lowest BCUT2D eigenvalue weighted by Crippen LogP contribution is -2.25. The van der Waals surface area contributed by atoms with Gasteiger partial charge in [0, 0.05) is 17.5 Å². The second-order valence-corrected chi connectivity index (χ2v) is 6.90. The lowest BCUT2D eigenvalue weighted by molar-refractivity contribution is -0.394. The topological polar surface area (TPSA) is 153 Å². The number of benzene rings is 2. The first kappa shape index (κ1) is 22.7. The average molecular weight is 447 g/mol. The van der Waals surface area contributed by atoms with Crippen LogP contribution in [0.5, 0.6) is 11.5 Å². The quantitative estimate of drug-likeness (QED) is 0.244. The van der Waals surface area contributed by atoms with Crippen LogP contribution in [0.2, 0.25) is 0 Å². The van der Waals surface area contributed by atoms with Crippen LogP contribution in [0.4, 0.5) is 11.4 Å². The Morgan fingerprint density at radius 2 is 1.67 bits per heavy atom. The van der Waals surface area contributed by atoms with E-state index in [0.717, 1.165) is 29.6 Å². The van der Waals surface area contributed by atoms with Gasteiger partial charge >= 0.3 is 5.69 Å². The minimum atomic E-state index is -0.772. The molecule has 0 unspecified atom stereocenters. The zero-order chi connectivity index (χ0) is 24.1. The summed E-state index contributed by atoms with van der Waals surface area (Å²) in [6.45, 7) is 3.63. The summed E-state index contributed by atoms with van der Waals surface area (Å²) in [5.41, 5.74) is 3.69. The van der Waals surface area contributed by atoms with Crippen molar-refractivity contribution in [2.24, 2.45) is 0 Å². The van der Waals surface area contributed by atoms with Gasteiger partial charge in [-0.1, -0.05) is 12.1 Å². The van der Waals surface area contributed by atoms with E-state index in [4.69, 9.17) is 4.74 Å². The van der Waals surface area contributed by atoms with Gasteiger partial charge in [-0.05, 0) is 55.8 Å². The van der Waals surface area contributed by atoms with Gasteiger partial charge in [0.15, 0.2) is 0 Å². The molecule has 11 heteroatoms. The number of nitriles is 1. The van der Waals surface area contributed by atoms with Crippen LogP contribution in [-0.2, 0) is 4.79 Å². The highest BCUT2D eigenvalue weighted by molar-refractivity contribution is 6.06. The predicted molar refractivity (Wildman–Crippen MR) is 118 cm³/mol. The first-order chi connectivity index (χ1) is 15.7. The summed E-state index contributed by atoms with van der Waals surface area (Å²) in [5.74, 6) is -0.518. The Morgan fingerprint density at radius 3 is 2.21 bits per heavy atom. The number of nitro groups is 2. The molecule has 1 N–H and O–H groups in total. The number of ether oxygens (including phenoxy) is 1. The molecule has 0 saturated heterocycles. The molecule has 3 aromatic rings. The first-order valence-corrected chi connectivity index (χ1v) is 9.48. The summed E-state index contributed by atoms with van der Waals surface area (Å²) in [6.07, 6.45) is 1.39. The SMILES string of the molecule is Cc1ccc(C)n1NC(=O)/C(C#N)=C\c1ccc(Oc2ccc([N+](=O)[O-])cc2[N+](=O)[O-])cc1. The van der Waals surface area contributed by atoms with Crippen LogP contribution in [-0.4, -0.2) is 20.4 Å². The highest BCUT2D eigenvalue weighted by Gasteiger charge is 2.21. The molecule has 166 valence electrons. The van der Waals surface area contributed by atoms with Crippen molar-refractivity contribution >= 4 is 23.4 Å². The number of nitrogens with zero attached hydrogens (tertiary/aromatic N) is 4. The van der Waals surface area contributed by atoms with Crippen molar-refractivity contribution in [3.8, 4) is 17.6 Å². The summed E-state index contributed by atoms with van der Waals surface area (Å²) >= 11 is 0. The molecule has 1 aromatic heterocycles. The number of nitro benzene ring substituents is 2. The van der Waals surface area contributed by atoms with E-state index in [0.29, 0.717) is 5.56 Å². The van der Waals surface area contributed by atoms with Gasteiger partial charge in [-0.15, -0.1) is 0 Å². The number of carbonyl (C=O) groups is 1. The third-order valence-corrected chi connectivity index (χ3v) is 4.62. The van der Waals surface area contributed by atoms with Crippen molar-refractivity contribution in [3.63, 3.8) is 0 Å². The molecule has 0 fully saturated rings. The Labute approximate surface area is 187 Å². The number of amides is 1. The zero-order valence-electron chi connectivity index (χ0n) is 17.5. The average Bonchev–Trinajstić information content (AvgIpc) is 3.10. The molecule has 0 aliphatic carbocycles. The molecule has 2 aromatic carbocycles. The molecule has 0 spiro atoms. The van der Waals surface area contributed by atoms with Crippen molar-refractivity contribution in [1.29, 1.82) is 5.26 Å². The number of aromatic nitrogens is 1. The van der Waals surface area contributed by atoms with Gasteiger partial charge in [-0.2, -0.15) is 5.26 Å². The van der Waals surface area contributed by atoms with E-state index in [2.05, 4.69) is 5.43 Å². The van der Waals surface area contributed by atoms with Crippen molar-refractivity contribution < 1.29 is 19.4 Å². The predicted octanol–water partition coefficient (Wildman–Crippen LogP) is 4.39. The number of rotatable bonds is 7. The highest BCUT2D eigenvalue weighted by atomic mass is 16.6. The van der Waals surface area contributed by atoms with E-state index in [-0.39, 0.29) is 17.1 Å². The summed E-state index contributed by atoms with van der Waals surface area (Å²) in [6, 6.07) is 14.7. The minimum absolute atomic E-state index is 0.123. The Hall–Kier alpha value is -4.98. The summed E-state index contributed by atoms with van der Waals surface area (Å²) < 4.78 is 7.07. The smallest absolute Gasteiger partial charge is 0.318 e. The number of nitrogens with one attached hydrogen (secondary N) is 1. The van der Waals surface area contributed by atoms with Crippen molar-refractivity contribution in [1.82, 2.24) is 4.68 Å². The van der Waals surface area contributed by atoms with Crippen LogP contribution in [0.3, 0.4) is 0 Å². The summed E-state index contributed by atoms with van der Waals surface area (Å²) in [4.78, 5) is 33.1. The largest absolute Gasteiger partial charge is 0.450 e. The van der Waals surface area contributed by atoms with Crippen LogP contribution in [0.25, 0.3) is 6.08 Å². The Balaban J connectivity index is 1.79. The van der Waals surface area contributed by atoms with Gasteiger partial charge in [-0.25, -0.2) is 0 Å². The van der Waals surface area contributed by atoms with E-state index in [9.17, 15) is 30.3 Å². The van der Waals surface area contributed by atoms with Gasteiger partial charge in [0.05, 0.1) is 15.9 Å². The molecule has 3 rings (SSSR count). The molecule has 1 heterocycles. The van der Waals surface area contributed by atoms with Crippen molar-refractivity contribution in [3.05, 3.63) is 97.4 Å². The van der Waals surface area contributed by atoms with E-state index < -0.39 is 27.1 Å². The van der Waals surface area contributed by atoms with Gasteiger partial charge in [-0.3, -0.25) is 35.1 Å². The highest BCUT2D eigenvalue weighted by Crippen LogP contribution is 2.34. The van der Waals surface area contributed by atoms with Gasteiger partial charge in [0.1, 0.15) is 17.4 Å². The van der Waals surface area contributed by atoms with Crippen molar-refractivity contribution in [2.45, 2.75) is 13.8 Å². The monoisotopic (exact) mass is 447 g/mol. The molecular weight excluding hydrogens is 430 g/mol. The van der Waals surface area contributed by atoms with Crippen LogP contribution >= 0.6 is 0 Å². The molecule has 0 aliphatic heterocycles. The van der Waals surface area contributed by atoms with E-state index >= 15 is 0 Å². The Morgan fingerprint density at radius 1 is 1.03 bits per heavy atom. The third-order valence-electron chi connectivity index (χ3n) is 4.62. The van der Waals surface area contributed by atoms with Crippen LogP contribution in [0.1, 0.15) is 17.0 Å². The zero-order valence-corrected chi connectivity index (χ0v) is 17.5. The number of hydrogen-bond acceptors (Lipinski definition) is 7. The van der Waals surface area contributed by atoms with Crippen LogP contribution in [0.15, 0.2) is 60.2 Å². The molecule has 0 bridgehead atoms. The van der Waals surface area contributed by atoms with E-state index in [1.54, 1.807) is 16.8 Å². The molecule has 33 heavy (non-hydrogen) atoms. The number of carbonyl (C=O) groups excluding carboxylic acids is 1. The Kier molecular flexibility index (Phi) is 6.49. The second-order valence-electron chi connectivity index (χ2n) is 6.90. The fourth-order valence-corrected chi connectivity index (χ4v) is 2.93. The lowest BCUT2D eigenvalue weighted by atomic mass is 10.1. The van der Waals surface area contributed by atoms with E-state index in [1.807, 2.05) is 32.0 Å². The lowest BCUT2D eigenvalue weighted by Gasteiger charge is -2.10. The molecule has 0 aliphatic rings. The maximum absolute atomic E-state index is 12.5. The first-order valence-electron chi connectivity index (χ1n) is 9.48. The third kappa shape index (κ3) is 5.20. The molecular formula is C22H17N5O6. The van der Waals surface area contributed by atoms with Gasteiger partial charge in [0.25, 0.3) is 11.6 Å². The second kappa shape index (κ2) is 9.44. The van der Waals surface area contributed by atoms with Crippen molar-refractivity contribution in [2.75, 3.05) is 5.43 Å². The molecule has 0 saturated carbocycles. The fourth-order valence-electron chi connectivity index (χ4n) is 2.93. The summed E-state index contributed by atoms with van der Waals surface area (Å²) in [7, 11) is 0. The van der Waals surface area contributed by atoms with Gasteiger partial charge in [0.2, 0.25) is 5.75 Å². The molecule has 0 radical (unpaired) electrons. The molecule has 1 amide bonds. The number of non-ortho nitro benzene ring substituents is 1. The minimum Gasteiger partial charge on any atom is -0.450 e. The normalized spacial score (nSPS) is 10.9. The van der Waals surface area contributed by atoms with Gasteiger partial charge < -0.3 is 4.74 Å². The Bertz CT molecular complexity index is 1300. The van der Waals surface area contributed by atoms with Crippen LogP contribution in [0, 0.1) is 45.4 Å². The molecule has 0 atom stereocenters. The number of hydrogen-bond donors (Lipinski definition) is 1. The fraction of sp³-hybridized carbons (Fsp3) is 0.0909. The summed E-state index contributed by atoms with van der Waals surface area (Å²) in [5, 5.41) is 31.5.